The van der Waals surface area contributed by atoms with Gasteiger partial charge in [-0.3, -0.25) is 4.98 Å². The lowest BCUT2D eigenvalue weighted by Gasteiger charge is -2.10. The number of nitrogens with zero attached hydrogens (tertiary/aromatic N) is 3. The molecule has 3 rings (SSSR count). The number of benzene rings is 1. The van der Waals surface area contributed by atoms with Gasteiger partial charge in [-0.15, -0.1) is 0 Å². The van der Waals surface area contributed by atoms with Gasteiger partial charge in [-0.2, -0.15) is 18.2 Å². The van der Waals surface area contributed by atoms with Gasteiger partial charge in [0.05, 0.1) is 0 Å². The highest BCUT2D eigenvalue weighted by Gasteiger charge is 2.38. The Morgan fingerprint density at radius 1 is 1.21 bits per heavy atom. The minimum absolute atomic E-state index is 0.1000. The Morgan fingerprint density at radius 2 is 2.00 bits per heavy atom. The number of ether oxygens (including phenoxy) is 1. The van der Waals surface area contributed by atoms with E-state index in [0.29, 0.717) is 5.56 Å². The van der Waals surface area contributed by atoms with E-state index >= 15 is 0 Å². The van der Waals surface area contributed by atoms with Gasteiger partial charge in [-0.05, 0) is 37.1 Å². The Labute approximate surface area is 163 Å². The average Bonchev–Trinajstić information content (AvgIpc) is 3.17. The number of alkyl halides is 3. The van der Waals surface area contributed by atoms with E-state index in [1.54, 1.807) is 37.4 Å². The van der Waals surface area contributed by atoms with Gasteiger partial charge in [0.15, 0.2) is 0 Å². The Balaban J connectivity index is 1.58. The number of aromatic nitrogens is 3. The first kappa shape index (κ1) is 20.3. The van der Waals surface area contributed by atoms with Crippen LogP contribution >= 0.6 is 0 Å². The van der Waals surface area contributed by atoms with Crippen molar-refractivity contribution in [1.82, 2.24) is 20.4 Å². The fraction of sp³-hybridized carbons (Fsp3) is 0.263. The number of rotatable bonds is 5. The van der Waals surface area contributed by atoms with Crippen molar-refractivity contribution < 1.29 is 27.2 Å². The van der Waals surface area contributed by atoms with Crippen molar-refractivity contribution in [2.75, 3.05) is 0 Å². The number of alkyl carbamates (subject to hydrolysis) is 1. The molecule has 0 aliphatic heterocycles. The first-order valence-corrected chi connectivity index (χ1v) is 8.56. The van der Waals surface area contributed by atoms with Gasteiger partial charge in [0, 0.05) is 29.6 Å². The minimum Gasteiger partial charge on any atom is -0.445 e. The van der Waals surface area contributed by atoms with Crippen LogP contribution in [0.4, 0.5) is 18.0 Å². The number of aryl methyl sites for hydroxylation is 2. The second-order valence-electron chi connectivity index (χ2n) is 6.24. The van der Waals surface area contributed by atoms with Gasteiger partial charge in [0.25, 0.3) is 0 Å². The lowest BCUT2D eigenvalue weighted by atomic mass is 10.0. The SMILES string of the molecule is Cc1cc(-c2noc(C(F)(F)F)n2)ccc1CNC(=O)OCc1cccnc1C. The standard InChI is InChI=1S/C19H17F3N4O3/c1-11-8-13(16-25-17(29-26-16)19(20,21)22)5-6-14(11)9-24-18(27)28-10-15-4-3-7-23-12(15)2/h3-8H,9-10H2,1-2H3,(H,24,27). The van der Waals surface area contributed by atoms with Crippen LogP contribution in [-0.2, 0) is 24.1 Å². The minimum atomic E-state index is -4.70. The molecule has 0 radical (unpaired) electrons. The summed E-state index contributed by atoms with van der Waals surface area (Å²) in [7, 11) is 0. The molecule has 29 heavy (non-hydrogen) atoms. The predicted octanol–water partition coefficient (Wildman–Crippen LogP) is 4.19. The van der Waals surface area contributed by atoms with Crippen molar-refractivity contribution >= 4 is 6.09 Å². The van der Waals surface area contributed by atoms with E-state index < -0.39 is 18.2 Å². The van der Waals surface area contributed by atoms with Crippen LogP contribution in [0.1, 0.15) is 28.3 Å². The third-order valence-electron chi connectivity index (χ3n) is 4.17. The normalized spacial score (nSPS) is 11.3. The first-order valence-electron chi connectivity index (χ1n) is 8.56. The van der Waals surface area contributed by atoms with Crippen LogP contribution in [0.5, 0.6) is 0 Å². The molecule has 0 saturated carbocycles. The summed E-state index contributed by atoms with van der Waals surface area (Å²) in [6.45, 7) is 3.87. The summed E-state index contributed by atoms with van der Waals surface area (Å²) >= 11 is 0. The van der Waals surface area contributed by atoms with Crippen molar-refractivity contribution in [1.29, 1.82) is 0 Å². The molecule has 10 heteroatoms. The van der Waals surface area contributed by atoms with E-state index in [1.807, 2.05) is 13.0 Å². The molecule has 0 aliphatic rings. The van der Waals surface area contributed by atoms with Crippen LogP contribution < -0.4 is 5.32 Å². The molecule has 0 spiro atoms. The molecule has 1 N–H and O–H groups in total. The Morgan fingerprint density at radius 3 is 2.66 bits per heavy atom. The monoisotopic (exact) mass is 406 g/mol. The molecule has 0 bridgehead atoms. The number of hydrogen-bond donors (Lipinski definition) is 1. The molecule has 2 heterocycles. The van der Waals surface area contributed by atoms with Crippen LogP contribution in [0.3, 0.4) is 0 Å². The quantitative estimate of drug-likeness (QED) is 0.683. The van der Waals surface area contributed by atoms with Crippen LogP contribution in [0.25, 0.3) is 11.4 Å². The number of nitrogens with one attached hydrogen (secondary N) is 1. The maximum atomic E-state index is 12.6. The topological polar surface area (TPSA) is 90.1 Å². The number of carbonyl (C=O) groups is 1. The third kappa shape index (κ3) is 5.09. The molecule has 3 aromatic rings. The Kier molecular flexibility index (Phi) is 5.81. The van der Waals surface area contributed by atoms with Gasteiger partial charge in [-0.1, -0.05) is 23.4 Å². The van der Waals surface area contributed by atoms with E-state index in [9.17, 15) is 18.0 Å². The molecule has 152 valence electrons. The lowest BCUT2D eigenvalue weighted by Crippen LogP contribution is -2.24. The second kappa shape index (κ2) is 8.29. The molecule has 1 aromatic carbocycles. The molecule has 0 aliphatic carbocycles. The van der Waals surface area contributed by atoms with Gasteiger partial charge < -0.3 is 14.6 Å². The van der Waals surface area contributed by atoms with E-state index in [1.165, 1.54) is 0 Å². The van der Waals surface area contributed by atoms with Crippen molar-refractivity contribution in [2.45, 2.75) is 33.2 Å². The van der Waals surface area contributed by atoms with Crippen LogP contribution in [0.2, 0.25) is 0 Å². The maximum absolute atomic E-state index is 12.6. The summed E-state index contributed by atoms with van der Waals surface area (Å²) in [6.07, 6.45) is -3.63. The molecule has 0 saturated heterocycles. The highest BCUT2D eigenvalue weighted by Crippen LogP contribution is 2.29. The van der Waals surface area contributed by atoms with Crippen molar-refractivity contribution in [3.05, 3.63) is 64.8 Å². The van der Waals surface area contributed by atoms with Gasteiger partial charge >= 0.3 is 18.2 Å². The summed E-state index contributed by atoms with van der Waals surface area (Å²) in [5.74, 6) is -1.56. The molecule has 0 unspecified atom stereocenters. The largest absolute Gasteiger partial charge is 0.471 e. The van der Waals surface area contributed by atoms with Crippen molar-refractivity contribution in [2.24, 2.45) is 0 Å². The number of amides is 1. The van der Waals surface area contributed by atoms with E-state index in [0.717, 1.165) is 22.4 Å². The van der Waals surface area contributed by atoms with Gasteiger partial charge in [0.1, 0.15) is 6.61 Å². The van der Waals surface area contributed by atoms with E-state index in [-0.39, 0.29) is 19.0 Å². The molecule has 1 amide bonds. The van der Waals surface area contributed by atoms with Gasteiger partial charge in [-0.25, -0.2) is 4.79 Å². The summed E-state index contributed by atoms with van der Waals surface area (Å²) in [5, 5.41) is 5.99. The second-order valence-corrected chi connectivity index (χ2v) is 6.24. The van der Waals surface area contributed by atoms with Gasteiger partial charge in [0.2, 0.25) is 5.82 Å². The fourth-order valence-corrected chi connectivity index (χ4v) is 2.52. The molecule has 2 aromatic heterocycles. The van der Waals surface area contributed by atoms with Crippen LogP contribution in [-0.4, -0.2) is 21.2 Å². The highest BCUT2D eigenvalue weighted by atomic mass is 19.4. The Bertz CT molecular complexity index is 1020. The summed E-state index contributed by atoms with van der Waals surface area (Å²) in [6, 6.07) is 8.42. The fourth-order valence-electron chi connectivity index (χ4n) is 2.52. The number of carbonyl (C=O) groups excluding carboxylic acids is 1. The third-order valence-corrected chi connectivity index (χ3v) is 4.17. The zero-order chi connectivity index (χ0) is 21.0. The van der Waals surface area contributed by atoms with E-state index in [4.69, 9.17) is 4.74 Å². The number of pyridine rings is 1. The highest BCUT2D eigenvalue weighted by molar-refractivity contribution is 5.67. The number of hydrogen-bond acceptors (Lipinski definition) is 6. The molecule has 0 atom stereocenters. The zero-order valence-corrected chi connectivity index (χ0v) is 15.6. The van der Waals surface area contributed by atoms with Crippen LogP contribution in [0.15, 0.2) is 41.1 Å². The molecular formula is C19H17F3N4O3. The first-order chi connectivity index (χ1) is 13.7. The van der Waals surface area contributed by atoms with Crippen molar-refractivity contribution in [3.8, 4) is 11.4 Å². The molecule has 7 nitrogen and oxygen atoms in total. The number of halogens is 3. The Hall–Kier alpha value is -3.43. The predicted molar refractivity (Wildman–Crippen MR) is 95.5 cm³/mol. The summed E-state index contributed by atoms with van der Waals surface area (Å²) < 4.78 is 47.1. The smallest absolute Gasteiger partial charge is 0.445 e. The average molecular weight is 406 g/mol. The lowest BCUT2D eigenvalue weighted by molar-refractivity contribution is -0.159. The van der Waals surface area contributed by atoms with E-state index in [2.05, 4.69) is 25.0 Å². The summed E-state index contributed by atoms with van der Waals surface area (Å²) in [5.41, 5.74) is 3.47. The maximum Gasteiger partial charge on any atom is 0.471 e. The molecular weight excluding hydrogens is 389 g/mol. The molecule has 0 fully saturated rings. The summed E-state index contributed by atoms with van der Waals surface area (Å²) in [4.78, 5) is 19.4. The van der Waals surface area contributed by atoms with Crippen molar-refractivity contribution in [3.63, 3.8) is 0 Å². The van der Waals surface area contributed by atoms with Crippen LogP contribution in [0, 0.1) is 13.8 Å². The zero-order valence-electron chi connectivity index (χ0n) is 15.6.